The predicted molar refractivity (Wildman–Crippen MR) is 54.6 cm³/mol. The Kier molecular flexibility index (Phi) is 2.93. The van der Waals surface area contributed by atoms with Gasteiger partial charge in [-0.25, -0.2) is 0 Å². The van der Waals surface area contributed by atoms with Crippen LogP contribution in [0.15, 0.2) is 11.7 Å². The van der Waals surface area contributed by atoms with Crippen LogP contribution in [0, 0.1) is 5.92 Å². The Labute approximate surface area is 82.6 Å². The Hall–Kier alpha value is -0.450. The van der Waals surface area contributed by atoms with Crippen LogP contribution in [0.2, 0.25) is 0 Å². The van der Waals surface area contributed by atoms with Gasteiger partial charge in [-0.2, -0.15) is 0 Å². The summed E-state index contributed by atoms with van der Waals surface area (Å²) in [7, 11) is 0. The highest BCUT2D eigenvalue weighted by molar-refractivity contribution is 7.09. The second kappa shape index (κ2) is 4.17. The molecular formula is C9H15N3S. The van der Waals surface area contributed by atoms with E-state index in [1.54, 1.807) is 11.3 Å². The van der Waals surface area contributed by atoms with Gasteiger partial charge >= 0.3 is 0 Å². The van der Waals surface area contributed by atoms with Crippen LogP contribution in [-0.2, 0) is 6.54 Å². The molecule has 0 aliphatic carbocycles. The molecule has 0 bridgehead atoms. The first-order valence-corrected chi connectivity index (χ1v) is 5.56. The molecule has 3 nitrogen and oxygen atoms in total. The summed E-state index contributed by atoms with van der Waals surface area (Å²) in [5.41, 5.74) is 7.53. The van der Waals surface area contributed by atoms with Crippen molar-refractivity contribution < 1.29 is 0 Å². The minimum Gasteiger partial charge on any atom is -0.330 e. The van der Waals surface area contributed by atoms with E-state index in [1.165, 1.54) is 17.8 Å². The van der Waals surface area contributed by atoms with E-state index in [1.807, 2.05) is 11.7 Å². The Bertz CT molecular complexity index is 247. The lowest BCUT2D eigenvalue weighted by atomic mass is 10.1. The summed E-state index contributed by atoms with van der Waals surface area (Å²) in [6, 6.07) is 0. The zero-order chi connectivity index (χ0) is 9.10. The third-order valence-electron chi connectivity index (χ3n) is 2.57. The maximum atomic E-state index is 5.63. The molecule has 0 saturated carbocycles. The van der Waals surface area contributed by atoms with Gasteiger partial charge < -0.3 is 5.73 Å². The zero-order valence-electron chi connectivity index (χ0n) is 7.65. The lowest BCUT2D eigenvalue weighted by Crippen LogP contribution is -2.22. The fourth-order valence-corrected chi connectivity index (χ4v) is 2.43. The number of aromatic nitrogens is 1. The molecule has 72 valence electrons. The van der Waals surface area contributed by atoms with Gasteiger partial charge in [0.1, 0.15) is 0 Å². The van der Waals surface area contributed by atoms with Gasteiger partial charge in [0.25, 0.3) is 0 Å². The van der Waals surface area contributed by atoms with Crippen LogP contribution in [0.5, 0.6) is 0 Å². The molecule has 4 heteroatoms. The molecule has 1 aromatic heterocycles. The normalized spacial score (nSPS) is 23.9. The van der Waals surface area contributed by atoms with E-state index in [2.05, 4.69) is 9.88 Å². The summed E-state index contributed by atoms with van der Waals surface area (Å²) >= 11 is 1.73. The van der Waals surface area contributed by atoms with E-state index in [0.717, 1.165) is 19.6 Å². The molecule has 2 N–H and O–H groups in total. The fraction of sp³-hybridized carbons (Fsp3) is 0.667. The zero-order valence-corrected chi connectivity index (χ0v) is 8.46. The largest absolute Gasteiger partial charge is 0.330 e. The molecule has 2 heterocycles. The van der Waals surface area contributed by atoms with Crippen LogP contribution in [0.3, 0.4) is 0 Å². The molecule has 0 spiro atoms. The Balaban J connectivity index is 1.84. The number of nitrogens with two attached hydrogens (primary N) is 1. The van der Waals surface area contributed by atoms with Crippen LogP contribution in [-0.4, -0.2) is 29.5 Å². The van der Waals surface area contributed by atoms with Crippen molar-refractivity contribution in [2.24, 2.45) is 11.7 Å². The maximum absolute atomic E-state index is 5.63. The number of likely N-dealkylation sites (tertiary alicyclic amines) is 1. The van der Waals surface area contributed by atoms with Crippen molar-refractivity contribution in [3.05, 3.63) is 16.6 Å². The first-order chi connectivity index (χ1) is 6.38. The monoisotopic (exact) mass is 197 g/mol. The number of rotatable bonds is 3. The minimum absolute atomic E-state index is 0.716. The number of hydrogen-bond acceptors (Lipinski definition) is 4. The molecule has 2 rings (SSSR count). The summed E-state index contributed by atoms with van der Waals surface area (Å²) in [6.07, 6.45) is 3.22. The first kappa shape index (κ1) is 9.12. The Morgan fingerprint density at radius 2 is 2.62 bits per heavy atom. The SMILES string of the molecule is NCC1CCN(Cc2cncs2)C1. The van der Waals surface area contributed by atoms with E-state index in [4.69, 9.17) is 5.73 Å². The summed E-state index contributed by atoms with van der Waals surface area (Å²) in [5, 5.41) is 0. The molecular weight excluding hydrogens is 182 g/mol. The van der Waals surface area contributed by atoms with Gasteiger partial charge in [0, 0.05) is 24.2 Å². The van der Waals surface area contributed by atoms with Gasteiger partial charge in [0.15, 0.2) is 0 Å². The summed E-state index contributed by atoms with van der Waals surface area (Å²) in [6.45, 7) is 4.24. The van der Waals surface area contributed by atoms with Crippen molar-refractivity contribution in [3.8, 4) is 0 Å². The highest BCUT2D eigenvalue weighted by Crippen LogP contribution is 2.18. The first-order valence-electron chi connectivity index (χ1n) is 4.68. The molecule has 1 unspecified atom stereocenters. The van der Waals surface area contributed by atoms with E-state index in [9.17, 15) is 0 Å². The smallest absolute Gasteiger partial charge is 0.0794 e. The summed E-state index contributed by atoms with van der Waals surface area (Å²) in [4.78, 5) is 7.89. The topological polar surface area (TPSA) is 42.1 Å². The highest BCUT2D eigenvalue weighted by Gasteiger charge is 2.21. The van der Waals surface area contributed by atoms with Gasteiger partial charge in [-0.1, -0.05) is 0 Å². The molecule has 0 radical (unpaired) electrons. The number of thiazole rings is 1. The average Bonchev–Trinajstić information content (AvgIpc) is 2.76. The van der Waals surface area contributed by atoms with Gasteiger partial charge in [0.05, 0.1) is 5.51 Å². The second-order valence-electron chi connectivity index (χ2n) is 3.59. The van der Waals surface area contributed by atoms with E-state index in [0.29, 0.717) is 5.92 Å². The van der Waals surface area contributed by atoms with E-state index < -0.39 is 0 Å². The van der Waals surface area contributed by atoms with E-state index in [-0.39, 0.29) is 0 Å². The van der Waals surface area contributed by atoms with Gasteiger partial charge in [-0.15, -0.1) is 11.3 Å². The third kappa shape index (κ3) is 2.27. The summed E-state index contributed by atoms with van der Waals surface area (Å²) in [5.74, 6) is 0.716. The molecule has 13 heavy (non-hydrogen) atoms. The standard InChI is InChI=1S/C9H15N3S/c10-3-8-1-2-12(5-8)6-9-4-11-7-13-9/h4,7-8H,1-3,5-6,10H2. The second-order valence-corrected chi connectivity index (χ2v) is 4.56. The predicted octanol–water partition coefficient (Wildman–Crippen LogP) is 0.924. The fourth-order valence-electron chi connectivity index (χ4n) is 1.79. The highest BCUT2D eigenvalue weighted by atomic mass is 32.1. The number of hydrogen-bond donors (Lipinski definition) is 1. The van der Waals surface area contributed by atoms with E-state index >= 15 is 0 Å². The van der Waals surface area contributed by atoms with Crippen molar-refractivity contribution in [2.45, 2.75) is 13.0 Å². The lowest BCUT2D eigenvalue weighted by Gasteiger charge is -2.13. The van der Waals surface area contributed by atoms with Crippen LogP contribution in [0.1, 0.15) is 11.3 Å². The molecule has 1 saturated heterocycles. The molecule has 0 aromatic carbocycles. The molecule has 1 aliphatic heterocycles. The van der Waals surface area contributed by atoms with Gasteiger partial charge in [-0.05, 0) is 25.4 Å². The Morgan fingerprint density at radius 3 is 3.23 bits per heavy atom. The quantitative estimate of drug-likeness (QED) is 0.783. The summed E-state index contributed by atoms with van der Waals surface area (Å²) < 4.78 is 0. The van der Waals surface area contributed by atoms with Crippen LogP contribution < -0.4 is 5.73 Å². The maximum Gasteiger partial charge on any atom is 0.0794 e. The van der Waals surface area contributed by atoms with Crippen LogP contribution in [0.25, 0.3) is 0 Å². The minimum atomic E-state index is 0.716. The lowest BCUT2D eigenvalue weighted by molar-refractivity contribution is 0.320. The Morgan fingerprint density at radius 1 is 1.69 bits per heavy atom. The van der Waals surface area contributed by atoms with Crippen molar-refractivity contribution in [2.75, 3.05) is 19.6 Å². The average molecular weight is 197 g/mol. The van der Waals surface area contributed by atoms with Crippen molar-refractivity contribution in [1.29, 1.82) is 0 Å². The van der Waals surface area contributed by atoms with Crippen molar-refractivity contribution >= 4 is 11.3 Å². The van der Waals surface area contributed by atoms with Crippen molar-refractivity contribution in [1.82, 2.24) is 9.88 Å². The van der Waals surface area contributed by atoms with Crippen LogP contribution in [0.4, 0.5) is 0 Å². The van der Waals surface area contributed by atoms with Gasteiger partial charge in [-0.3, -0.25) is 9.88 Å². The van der Waals surface area contributed by atoms with Crippen molar-refractivity contribution in [3.63, 3.8) is 0 Å². The molecule has 1 aromatic rings. The molecule has 1 fully saturated rings. The third-order valence-corrected chi connectivity index (χ3v) is 3.33. The molecule has 0 amide bonds. The molecule has 1 atom stereocenters. The van der Waals surface area contributed by atoms with Crippen LogP contribution >= 0.6 is 11.3 Å². The number of nitrogens with zero attached hydrogens (tertiary/aromatic N) is 2. The van der Waals surface area contributed by atoms with Gasteiger partial charge in [0.2, 0.25) is 0 Å². The molecule has 1 aliphatic rings.